The molecule has 0 aliphatic rings. The molecule has 0 saturated carbocycles. The number of esters is 1. The molecular formula is C18H32O2. The van der Waals surface area contributed by atoms with Crippen LogP contribution >= 0.6 is 0 Å². The molecule has 0 fully saturated rings. The molecule has 0 aliphatic carbocycles. The maximum Gasteiger partial charge on any atom is 0.305 e. The lowest BCUT2D eigenvalue weighted by Crippen LogP contribution is -1.99. The Hall–Kier alpha value is -0.970. The van der Waals surface area contributed by atoms with Crippen LogP contribution in [0.3, 0.4) is 0 Å². The number of unbranched alkanes of at least 4 members (excludes halogenated alkanes) is 10. The van der Waals surface area contributed by atoms with Gasteiger partial charge >= 0.3 is 5.97 Å². The van der Waals surface area contributed by atoms with Crippen LogP contribution in [0.2, 0.25) is 0 Å². The monoisotopic (exact) mass is 280 g/mol. The number of hydrogen-bond acceptors (Lipinski definition) is 2. The molecule has 0 aromatic heterocycles. The third kappa shape index (κ3) is 15.1. The van der Waals surface area contributed by atoms with Crippen LogP contribution in [0.15, 0.2) is 0 Å². The van der Waals surface area contributed by atoms with Crippen LogP contribution in [0.5, 0.6) is 0 Å². The van der Waals surface area contributed by atoms with Gasteiger partial charge in [0, 0.05) is 19.3 Å². The Bertz CT molecular complexity index is 273. The summed E-state index contributed by atoms with van der Waals surface area (Å²) < 4.78 is 4.61. The number of carbonyl (C=O) groups is 1. The van der Waals surface area contributed by atoms with Crippen LogP contribution in [-0.2, 0) is 9.53 Å². The summed E-state index contributed by atoms with van der Waals surface area (Å²) in [7, 11) is 1.45. The maximum atomic E-state index is 10.9. The lowest BCUT2D eigenvalue weighted by atomic mass is 10.1. The van der Waals surface area contributed by atoms with Gasteiger partial charge in [-0.3, -0.25) is 4.79 Å². The fraction of sp³-hybridized carbons (Fsp3) is 0.833. The summed E-state index contributed by atoms with van der Waals surface area (Å²) in [6.07, 6.45) is 15.1. The van der Waals surface area contributed by atoms with Gasteiger partial charge in [-0.2, -0.15) is 0 Å². The molecule has 0 aliphatic heterocycles. The smallest absolute Gasteiger partial charge is 0.305 e. The van der Waals surface area contributed by atoms with Gasteiger partial charge in [-0.1, -0.05) is 51.9 Å². The number of methoxy groups -OCH3 is 1. The molecule has 0 atom stereocenters. The van der Waals surface area contributed by atoms with Crippen molar-refractivity contribution in [1.29, 1.82) is 0 Å². The quantitative estimate of drug-likeness (QED) is 0.277. The van der Waals surface area contributed by atoms with E-state index < -0.39 is 0 Å². The highest BCUT2D eigenvalue weighted by molar-refractivity contribution is 5.68. The summed E-state index contributed by atoms with van der Waals surface area (Å²) in [5.74, 6) is 6.42. The van der Waals surface area contributed by atoms with Crippen molar-refractivity contribution < 1.29 is 9.53 Å². The Kier molecular flexibility index (Phi) is 15.3. The maximum absolute atomic E-state index is 10.9. The van der Waals surface area contributed by atoms with E-state index >= 15 is 0 Å². The second kappa shape index (κ2) is 16.1. The van der Waals surface area contributed by atoms with Crippen LogP contribution in [-0.4, -0.2) is 13.1 Å². The molecule has 0 N–H and O–H groups in total. The number of ether oxygens (including phenoxy) is 1. The van der Waals surface area contributed by atoms with E-state index in [1.165, 1.54) is 58.5 Å². The normalized spacial score (nSPS) is 9.90. The van der Waals surface area contributed by atoms with E-state index in [2.05, 4.69) is 23.5 Å². The lowest BCUT2D eigenvalue weighted by molar-refractivity contribution is -0.140. The molecule has 2 heteroatoms. The average molecular weight is 280 g/mol. The molecule has 0 rings (SSSR count). The van der Waals surface area contributed by atoms with E-state index in [-0.39, 0.29) is 5.97 Å². The molecule has 0 saturated heterocycles. The van der Waals surface area contributed by atoms with Gasteiger partial charge in [-0.25, -0.2) is 0 Å². The fourth-order valence-corrected chi connectivity index (χ4v) is 2.09. The zero-order valence-electron chi connectivity index (χ0n) is 13.5. The molecule has 20 heavy (non-hydrogen) atoms. The molecule has 0 aromatic carbocycles. The molecule has 0 spiro atoms. The largest absolute Gasteiger partial charge is 0.469 e. The first-order chi connectivity index (χ1) is 9.81. The van der Waals surface area contributed by atoms with Crippen molar-refractivity contribution in [2.24, 2.45) is 0 Å². The van der Waals surface area contributed by atoms with Crippen molar-refractivity contribution in [1.82, 2.24) is 0 Å². The van der Waals surface area contributed by atoms with Crippen LogP contribution in [0.25, 0.3) is 0 Å². The van der Waals surface area contributed by atoms with E-state index in [1.54, 1.807) is 0 Å². The fourth-order valence-electron chi connectivity index (χ4n) is 2.09. The standard InChI is InChI=1S/C18H32O2/c1-3-4-5-6-7-8-9-10-11-12-13-14-15-16-17-18(19)20-2/h3-5,8-17H2,1-2H3. The van der Waals surface area contributed by atoms with Crippen molar-refractivity contribution >= 4 is 5.97 Å². The van der Waals surface area contributed by atoms with Crippen LogP contribution in [0.1, 0.15) is 90.4 Å². The highest BCUT2D eigenvalue weighted by Gasteiger charge is 1.98. The predicted molar refractivity (Wildman–Crippen MR) is 85.5 cm³/mol. The third-order valence-electron chi connectivity index (χ3n) is 3.44. The topological polar surface area (TPSA) is 26.3 Å². The highest BCUT2D eigenvalue weighted by atomic mass is 16.5. The minimum absolute atomic E-state index is 0.0787. The molecule has 0 amide bonds. The Morgan fingerprint density at radius 3 is 1.85 bits per heavy atom. The second-order valence-electron chi connectivity index (χ2n) is 5.36. The lowest BCUT2D eigenvalue weighted by Gasteiger charge is -2.01. The van der Waals surface area contributed by atoms with Crippen molar-refractivity contribution in [3.63, 3.8) is 0 Å². The average Bonchev–Trinajstić information content (AvgIpc) is 2.47. The number of rotatable bonds is 12. The minimum Gasteiger partial charge on any atom is -0.469 e. The van der Waals surface area contributed by atoms with Crippen LogP contribution in [0.4, 0.5) is 0 Å². The number of carbonyl (C=O) groups excluding carboxylic acids is 1. The van der Waals surface area contributed by atoms with Crippen molar-refractivity contribution in [3.05, 3.63) is 0 Å². The van der Waals surface area contributed by atoms with E-state index in [1.807, 2.05) is 0 Å². The molecule has 0 bridgehead atoms. The van der Waals surface area contributed by atoms with Crippen LogP contribution < -0.4 is 0 Å². The Labute approximate surface area is 125 Å². The van der Waals surface area contributed by atoms with Crippen molar-refractivity contribution in [3.8, 4) is 11.8 Å². The zero-order valence-corrected chi connectivity index (χ0v) is 13.5. The first-order valence-electron chi connectivity index (χ1n) is 8.33. The first kappa shape index (κ1) is 19.0. The number of hydrogen-bond donors (Lipinski definition) is 0. The van der Waals surface area contributed by atoms with Crippen molar-refractivity contribution in [2.75, 3.05) is 7.11 Å². The Balaban J connectivity index is 3.09. The van der Waals surface area contributed by atoms with E-state index in [0.717, 1.165) is 25.7 Å². The Morgan fingerprint density at radius 2 is 1.30 bits per heavy atom. The van der Waals surface area contributed by atoms with Gasteiger partial charge in [0.25, 0.3) is 0 Å². The van der Waals surface area contributed by atoms with Gasteiger partial charge in [0.2, 0.25) is 0 Å². The van der Waals surface area contributed by atoms with Gasteiger partial charge in [0.15, 0.2) is 0 Å². The summed E-state index contributed by atoms with van der Waals surface area (Å²) in [5.41, 5.74) is 0. The molecule has 0 radical (unpaired) electrons. The molecule has 2 nitrogen and oxygen atoms in total. The van der Waals surface area contributed by atoms with Gasteiger partial charge in [-0.05, 0) is 19.3 Å². The summed E-state index contributed by atoms with van der Waals surface area (Å²) in [4.78, 5) is 10.9. The van der Waals surface area contributed by atoms with E-state index in [4.69, 9.17) is 0 Å². The van der Waals surface area contributed by atoms with Gasteiger partial charge in [0.1, 0.15) is 0 Å². The molecule has 0 aromatic rings. The van der Waals surface area contributed by atoms with E-state index in [0.29, 0.717) is 6.42 Å². The van der Waals surface area contributed by atoms with Gasteiger partial charge in [-0.15, -0.1) is 11.8 Å². The van der Waals surface area contributed by atoms with E-state index in [9.17, 15) is 4.79 Å². The van der Waals surface area contributed by atoms with Gasteiger partial charge < -0.3 is 4.74 Å². The Morgan fingerprint density at radius 1 is 0.800 bits per heavy atom. The SMILES string of the molecule is CCCCC#CCCCCCCCCCCC(=O)OC. The summed E-state index contributed by atoms with van der Waals surface area (Å²) in [6, 6.07) is 0. The molecular weight excluding hydrogens is 248 g/mol. The molecule has 0 heterocycles. The minimum atomic E-state index is -0.0787. The first-order valence-corrected chi connectivity index (χ1v) is 8.33. The third-order valence-corrected chi connectivity index (χ3v) is 3.44. The predicted octanol–water partition coefficient (Wildman–Crippen LogP) is 5.25. The second-order valence-corrected chi connectivity index (χ2v) is 5.36. The van der Waals surface area contributed by atoms with Gasteiger partial charge in [0.05, 0.1) is 7.11 Å². The highest BCUT2D eigenvalue weighted by Crippen LogP contribution is 2.10. The summed E-state index contributed by atoms with van der Waals surface area (Å²) in [6.45, 7) is 2.21. The zero-order chi connectivity index (χ0) is 14.9. The summed E-state index contributed by atoms with van der Waals surface area (Å²) >= 11 is 0. The van der Waals surface area contributed by atoms with Crippen LogP contribution in [0, 0.1) is 11.8 Å². The molecule has 0 unspecified atom stereocenters. The van der Waals surface area contributed by atoms with Crippen molar-refractivity contribution in [2.45, 2.75) is 90.4 Å². The molecule has 116 valence electrons. The summed E-state index contributed by atoms with van der Waals surface area (Å²) in [5, 5.41) is 0.